The highest BCUT2D eigenvalue weighted by Crippen LogP contribution is 2.30. The quantitative estimate of drug-likeness (QED) is 0.295. The number of benzene rings is 2. The molecule has 154 valence electrons. The summed E-state index contributed by atoms with van der Waals surface area (Å²) in [4.78, 5) is 25.4. The van der Waals surface area contributed by atoms with Crippen LogP contribution in [0.4, 0.5) is 11.4 Å². The number of non-ortho nitro benzene ring substituents is 1. The Hall–Kier alpha value is -3.27. The molecular formula is C20H17BrN4O5. The molecule has 1 aliphatic rings. The molecule has 30 heavy (non-hydrogen) atoms. The highest BCUT2D eigenvalue weighted by atomic mass is 79.9. The maximum atomic E-state index is 12.7. The highest BCUT2D eigenvalue weighted by molar-refractivity contribution is 9.10. The maximum absolute atomic E-state index is 12.7. The standard InChI is InChI=1S/C20H17BrN4O5/c21-16-6-2-1-5-14(16)19-23-22-18(30-19)12-29-20(26)15-11-13(25(27)28)7-8-17(15)24-9-3-4-10-24/h1-2,5-8,11H,3-4,9-10,12H2. The van der Waals surface area contributed by atoms with Gasteiger partial charge in [-0.3, -0.25) is 10.1 Å². The molecule has 4 rings (SSSR count). The van der Waals surface area contributed by atoms with Gasteiger partial charge in [-0.25, -0.2) is 4.79 Å². The fourth-order valence-corrected chi connectivity index (χ4v) is 3.75. The predicted molar refractivity (Wildman–Crippen MR) is 111 cm³/mol. The second-order valence-corrected chi connectivity index (χ2v) is 7.56. The van der Waals surface area contributed by atoms with E-state index in [0.717, 1.165) is 36.0 Å². The van der Waals surface area contributed by atoms with Gasteiger partial charge in [0.2, 0.25) is 5.89 Å². The molecule has 2 aromatic carbocycles. The first-order valence-corrected chi connectivity index (χ1v) is 10.1. The average molecular weight is 473 g/mol. The van der Waals surface area contributed by atoms with E-state index in [4.69, 9.17) is 9.15 Å². The van der Waals surface area contributed by atoms with Crippen molar-refractivity contribution >= 4 is 33.3 Å². The summed E-state index contributed by atoms with van der Waals surface area (Å²) >= 11 is 3.42. The summed E-state index contributed by atoms with van der Waals surface area (Å²) < 4.78 is 11.7. The number of rotatable bonds is 6. The number of carbonyl (C=O) groups is 1. The molecule has 0 atom stereocenters. The van der Waals surface area contributed by atoms with Crippen molar-refractivity contribution in [3.63, 3.8) is 0 Å². The average Bonchev–Trinajstić information content (AvgIpc) is 3.44. The van der Waals surface area contributed by atoms with Crippen LogP contribution in [-0.4, -0.2) is 34.2 Å². The first-order chi connectivity index (χ1) is 14.5. The van der Waals surface area contributed by atoms with E-state index in [1.807, 2.05) is 29.2 Å². The molecule has 3 aromatic rings. The van der Waals surface area contributed by atoms with Gasteiger partial charge in [0.15, 0.2) is 6.61 Å². The van der Waals surface area contributed by atoms with Crippen LogP contribution < -0.4 is 4.90 Å². The van der Waals surface area contributed by atoms with Gasteiger partial charge >= 0.3 is 5.97 Å². The van der Waals surface area contributed by atoms with Crippen molar-refractivity contribution in [1.82, 2.24) is 10.2 Å². The number of carbonyl (C=O) groups excluding carboxylic acids is 1. The van der Waals surface area contributed by atoms with E-state index in [-0.39, 0.29) is 23.7 Å². The molecule has 0 amide bonds. The lowest BCUT2D eigenvalue weighted by molar-refractivity contribution is -0.384. The summed E-state index contributed by atoms with van der Waals surface area (Å²) in [6, 6.07) is 11.6. The Labute approximate surface area is 179 Å². The van der Waals surface area contributed by atoms with Gasteiger partial charge in [0.25, 0.3) is 11.6 Å². The Morgan fingerprint density at radius 2 is 1.97 bits per heavy atom. The summed E-state index contributed by atoms with van der Waals surface area (Å²) in [7, 11) is 0. The molecule has 0 aliphatic carbocycles. The molecule has 2 heterocycles. The summed E-state index contributed by atoms with van der Waals surface area (Å²) in [5.41, 5.74) is 1.33. The van der Waals surface area contributed by atoms with Crippen LogP contribution in [0.3, 0.4) is 0 Å². The molecule has 1 aliphatic heterocycles. The Bertz CT molecular complexity index is 1090. The fourth-order valence-electron chi connectivity index (χ4n) is 3.30. The summed E-state index contributed by atoms with van der Waals surface area (Å²) in [5.74, 6) is -0.259. The first-order valence-electron chi connectivity index (χ1n) is 9.31. The van der Waals surface area contributed by atoms with E-state index in [0.29, 0.717) is 11.6 Å². The second kappa shape index (κ2) is 8.62. The monoisotopic (exact) mass is 472 g/mol. The summed E-state index contributed by atoms with van der Waals surface area (Å²) in [6.07, 6.45) is 2.01. The van der Waals surface area contributed by atoms with Gasteiger partial charge in [0, 0.05) is 29.7 Å². The zero-order valence-corrected chi connectivity index (χ0v) is 17.4. The number of esters is 1. The molecule has 0 radical (unpaired) electrons. The summed E-state index contributed by atoms with van der Waals surface area (Å²) in [6.45, 7) is 1.34. The molecule has 0 N–H and O–H groups in total. The van der Waals surface area contributed by atoms with Crippen molar-refractivity contribution in [3.05, 3.63) is 68.5 Å². The van der Waals surface area contributed by atoms with E-state index >= 15 is 0 Å². The highest BCUT2D eigenvalue weighted by Gasteiger charge is 2.24. The lowest BCUT2D eigenvalue weighted by atomic mass is 10.1. The minimum absolute atomic E-state index is 0.127. The fraction of sp³-hybridized carbons (Fsp3) is 0.250. The molecule has 0 unspecified atom stereocenters. The van der Waals surface area contributed by atoms with Gasteiger partial charge in [-0.05, 0) is 47.0 Å². The number of nitro benzene ring substituents is 1. The Morgan fingerprint density at radius 3 is 2.70 bits per heavy atom. The minimum Gasteiger partial charge on any atom is -0.452 e. The number of hydrogen-bond donors (Lipinski definition) is 0. The van der Waals surface area contributed by atoms with Crippen molar-refractivity contribution < 1.29 is 18.9 Å². The molecule has 10 heteroatoms. The van der Waals surface area contributed by atoms with E-state index in [2.05, 4.69) is 26.1 Å². The molecule has 1 fully saturated rings. The topological polar surface area (TPSA) is 112 Å². The Morgan fingerprint density at radius 1 is 1.20 bits per heavy atom. The van der Waals surface area contributed by atoms with Crippen LogP contribution in [0.1, 0.15) is 29.1 Å². The van der Waals surface area contributed by atoms with Gasteiger partial charge in [-0.2, -0.15) is 0 Å². The third-order valence-corrected chi connectivity index (χ3v) is 5.45. The van der Waals surface area contributed by atoms with Crippen LogP contribution in [0.15, 0.2) is 51.4 Å². The normalized spacial score (nSPS) is 13.4. The van der Waals surface area contributed by atoms with Crippen molar-refractivity contribution in [3.8, 4) is 11.5 Å². The van der Waals surface area contributed by atoms with Crippen molar-refractivity contribution in [2.24, 2.45) is 0 Å². The van der Waals surface area contributed by atoms with Crippen molar-refractivity contribution in [2.45, 2.75) is 19.4 Å². The van der Waals surface area contributed by atoms with E-state index < -0.39 is 10.9 Å². The van der Waals surface area contributed by atoms with Crippen LogP contribution >= 0.6 is 15.9 Å². The molecule has 0 spiro atoms. The number of aromatic nitrogens is 2. The van der Waals surface area contributed by atoms with Crippen LogP contribution in [0.25, 0.3) is 11.5 Å². The van der Waals surface area contributed by atoms with E-state index in [1.165, 1.54) is 12.1 Å². The lowest BCUT2D eigenvalue weighted by Crippen LogP contribution is -2.21. The number of nitro groups is 1. The van der Waals surface area contributed by atoms with Crippen LogP contribution in [0, 0.1) is 10.1 Å². The summed E-state index contributed by atoms with van der Waals surface area (Å²) in [5, 5.41) is 19.0. The van der Waals surface area contributed by atoms with Gasteiger partial charge in [0.05, 0.1) is 21.7 Å². The Kier molecular flexibility index (Phi) is 5.75. The van der Waals surface area contributed by atoms with Crippen LogP contribution in [0.5, 0.6) is 0 Å². The lowest BCUT2D eigenvalue weighted by Gasteiger charge is -2.20. The zero-order chi connectivity index (χ0) is 21.1. The second-order valence-electron chi connectivity index (χ2n) is 6.71. The zero-order valence-electron chi connectivity index (χ0n) is 15.8. The smallest absolute Gasteiger partial charge is 0.341 e. The molecule has 1 saturated heterocycles. The Balaban J connectivity index is 1.52. The SMILES string of the molecule is O=C(OCc1nnc(-c2ccccc2Br)o1)c1cc([N+](=O)[O-])ccc1N1CCCC1. The van der Waals surface area contributed by atoms with Crippen LogP contribution in [-0.2, 0) is 11.3 Å². The number of nitrogens with zero attached hydrogens (tertiary/aromatic N) is 4. The first kappa shape index (κ1) is 20.0. The number of hydrogen-bond acceptors (Lipinski definition) is 8. The van der Waals surface area contributed by atoms with Crippen molar-refractivity contribution in [1.29, 1.82) is 0 Å². The number of halogens is 1. The molecule has 0 saturated carbocycles. The maximum Gasteiger partial charge on any atom is 0.341 e. The molecule has 1 aromatic heterocycles. The third kappa shape index (κ3) is 4.18. The molecule has 9 nitrogen and oxygen atoms in total. The van der Waals surface area contributed by atoms with Gasteiger partial charge in [-0.1, -0.05) is 12.1 Å². The van der Waals surface area contributed by atoms with Crippen LogP contribution in [0.2, 0.25) is 0 Å². The van der Waals surface area contributed by atoms with Gasteiger partial charge < -0.3 is 14.1 Å². The predicted octanol–water partition coefficient (Wildman–Crippen LogP) is 4.36. The van der Waals surface area contributed by atoms with E-state index in [9.17, 15) is 14.9 Å². The number of anilines is 1. The molecular weight excluding hydrogens is 456 g/mol. The van der Waals surface area contributed by atoms with E-state index in [1.54, 1.807) is 6.07 Å². The molecule has 0 bridgehead atoms. The largest absolute Gasteiger partial charge is 0.452 e. The third-order valence-electron chi connectivity index (χ3n) is 4.76. The van der Waals surface area contributed by atoms with Crippen molar-refractivity contribution in [2.75, 3.05) is 18.0 Å². The van der Waals surface area contributed by atoms with Gasteiger partial charge in [0.1, 0.15) is 0 Å². The number of ether oxygens (including phenoxy) is 1. The van der Waals surface area contributed by atoms with Gasteiger partial charge in [-0.15, -0.1) is 10.2 Å². The minimum atomic E-state index is -0.679.